The minimum atomic E-state index is 0.125. The number of rotatable bonds is 4. The summed E-state index contributed by atoms with van der Waals surface area (Å²) >= 11 is 11.5. The number of thiocarbonyl (C=S) groups is 1. The first-order chi connectivity index (χ1) is 11.6. The lowest BCUT2D eigenvalue weighted by molar-refractivity contribution is 0.722. The van der Waals surface area contributed by atoms with Gasteiger partial charge in [-0.2, -0.15) is 0 Å². The first kappa shape index (κ1) is 17.1. The van der Waals surface area contributed by atoms with E-state index in [2.05, 4.69) is 46.7 Å². The molecule has 2 aromatic rings. The molecule has 1 saturated heterocycles. The predicted molar refractivity (Wildman–Crippen MR) is 107 cm³/mol. The van der Waals surface area contributed by atoms with Crippen LogP contribution in [0, 0.1) is 0 Å². The summed E-state index contributed by atoms with van der Waals surface area (Å²) in [6.07, 6.45) is 2.59. The highest BCUT2D eigenvalue weighted by atomic mass is 35.5. The van der Waals surface area contributed by atoms with Gasteiger partial charge in [0, 0.05) is 18.8 Å². The zero-order valence-electron chi connectivity index (χ0n) is 13.8. The molecule has 0 spiro atoms. The van der Waals surface area contributed by atoms with Gasteiger partial charge in [-0.1, -0.05) is 35.9 Å². The lowest BCUT2D eigenvalue weighted by atomic mass is 10.1. The Morgan fingerprint density at radius 1 is 1.08 bits per heavy atom. The summed E-state index contributed by atoms with van der Waals surface area (Å²) in [6, 6.07) is 16.4. The van der Waals surface area contributed by atoms with Crippen molar-refractivity contribution in [3.8, 4) is 0 Å². The lowest BCUT2D eigenvalue weighted by Gasteiger charge is -2.20. The summed E-state index contributed by atoms with van der Waals surface area (Å²) < 4.78 is 0. The van der Waals surface area contributed by atoms with Crippen molar-refractivity contribution < 1.29 is 0 Å². The Balaban J connectivity index is 1.58. The molecule has 1 aliphatic rings. The Hall–Kier alpha value is -1.78. The third kappa shape index (κ3) is 4.19. The quantitative estimate of drug-likeness (QED) is 0.752. The van der Waals surface area contributed by atoms with Crippen LogP contribution in [-0.2, 0) is 0 Å². The highest BCUT2D eigenvalue weighted by Gasteiger charge is 2.13. The number of hydrogen-bond acceptors (Lipinski definition) is 2. The molecule has 1 heterocycles. The maximum absolute atomic E-state index is 6.15. The van der Waals surface area contributed by atoms with Crippen LogP contribution in [0.25, 0.3) is 0 Å². The number of nitrogens with one attached hydrogen (secondary N) is 2. The Labute approximate surface area is 154 Å². The van der Waals surface area contributed by atoms with Crippen LogP contribution in [0.2, 0.25) is 5.02 Å². The number of nitrogens with zero attached hydrogens (tertiary/aromatic N) is 1. The van der Waals surface area contributed by atoms with Gasteiger partial charge in [0.2, 0.25) is 0 Å². The van der Waals surface area contributed by atoms with Crippen LogP contribution >= 0.6 is 23.8 Å². The zero-order chi connectivity index (χ0) is 16.9. The number of benzene rings is 2. The third-order valence-electron chi connectivity index (χ3n) is 4.33. The molecule has 2 aromatic carbocycles. The highest BCUT2D eigenvalue weighted by Crippen LogP contribution is 2.23. The molecule has 3 rings (SSSR count). The monoisotopic (exact) mass is 359 g/mol. The zero-order valence-corrected chi connectivity index (χ0v) is 15.3. The standard InChI is InChI=1S/C19H22ClN3S/c1-14(21-19(24)22-18-7-3-2-6-17(18)20)15-8-10-16(11-9-15)23-12-4-5-13-23/h2-3,6-11,14H,4-5,12-13H2,1H3,(H2,21,22,24)/t14-/m0/s1. The fraction of sp³-hybridized carbons (Fsp3) is 0.316. The molecule has 0 aromatic heterocycles. The predicted octanol–water partition coefficient (Wildman–Crippen LogP) is 4.99. The smallest absolute Gasteiger partial charge is 0.171 e. The molecular weight excluding hydrogens is 338 g/mol. The van der Waals surface area contributed by atoms with Crippen LogP contribution in [0.5, 0.6) is 0 Å². The SMILES string of the molecule is C[C@H](NC(=S)Nc1ccccc1Cl)c1ccc(N2CCCC2)cc1. The second-order valence-corrected chi connectivity index (χ2v) is 6.90. The third-order valence-corrected chi connectivity index (χ3v) is 4.88. The van der Waals surface area contributed by atoms with E-state index < -0.39 is 0 Å². The van der Waals surface area contributed by atoms with Crippen LogP contribution in [0.1, 0.15) is 31.4 Å². The van der Waals surface area contributed by atoms with Crippen molar-refractivity contribution in [1.82, 2.24) is 5.32 Å². The second-order valence-electron chi connectivity index (χ2n) is 6.09. The Kier molecular flexibility index (Phi) is 5.59. The molecule has 1 fully saturated rings. The number of anilines is 2. The van der Waals surface area contributed by atoms with Crippen molar-refractivity contribution in [3.63, 3.8) is 0 Å². The average Bonchev–Trinajstić information content (AvgIpc) is 3.11. The molecule has 0 bridgehead atoms. The molecule has 0 amide bonds. The van der Waals surface area contributed by atoms with Gasteiger partial charge in [0.1, 0.15) is 0 Å². The second kappa shape index (κ2) is 7.86. The fourth-order valence-electron chi connectivity index (χ4n) is 2.95. The summed E-state index contributed by atoms with van der Waals surface area (Å²) in [6.45, 7) is 4.43. The van der Waals surface area contributed by atoms with E-state index in [1.54, 1.807) is 0 Å². The van der Waals surface area contributed by atoms with E-state index in [4.69, 9.17) is 23.8 Å². The van der Waals surface area contributed by atoms with Gasteiger partial charge < -0.3 is 15.5 Å². The minimum Gasteiger partial charge on any atom is -0.372 e. The molecule has 0 radical (unpaired) electrons. The normalized spacial score (nSPS) is 15.2. The van der Waals surface area contributed by atoms with Crippen molar-refractivity contribution in [2.24, 2.45) is 0 Å². The van der Waals surface area contributed by atoms with E-state index >= 15 is 0 Å². The number of para-hydroxylation sites is 1. The van der Waals surface area contributed by atoms with Gasteiger partial charge in [-0.15, -0.1) is 0 Å². The van der Waals surface area contributed by atoms with E-state index in [-0.39, 0.29) is 6.04 Å². The molecule has 126 valence electrons. The molecule has 5 heteroatoms. The summed E-state index contributed by atoms with van der Waals surface area (Å²) in [5, 5.41) is 7.68. The van der Waals surface area contributed by atoms with E-state index in [0.717, 1.165) is 5.69 Å². The highest BCUT2D eigenvalue weighted by molar-refractivity contribution is 7.80. The summed E-state index contributed by atoms with van der Waals surface area (Å²) in [5.74, 6) is 0. The molecular formula is C19H22ClN3S. The van der Waals surface area contributed by atoms with E-state index in [0.29, 0.717) is 10.1 Å². The van der Waals surface area contributed by atoms with Gasteiger partial charge in [-0.05, 0) is 61.8 Å². The number of hydrogen-bond donors (Lipinski definition) is 2. The molecule has 2 N–H and O–H groups in total. The molecule has 0 aliphatic carbocycles. The van der Waals surface area contributed by atoms with Gasteiger partial charge in [-0.3, -0.25) is 0 Å². The molecule has 24 heavy (non-hydrogen) atoms. The van der Waals surface area contributed by atoms with Crippen molar-refractivity contribution >= 4 is 40.3 Å². The summed E-state index contributed by atoms with van der Waals surface area (Å²) in [5.41, 5.74) is 3.33. The molecule has 1 aliphatic heterocycles. The van der Waals surface area contributed by atoms with E-state index in [9.17, 15) is 0 Å². The van der Waals surface area contributed by atoms with E-state index in [1.165, 1.54) is 37.2 Å². The maximum atomic E-state index is 6.15. The fourth-order valence-corrected chi connectivity index (χ4v) is 3.42. The van der Waals surface area contributed by atoms with Crippen molar-refractivity contribution in [1.29, 1.82) is 0 Å². The van der Waals surface area contributed by atoms with Crippen LogP contribution in [0.3, 0.4) is 0 Å². The van der Waals surface area contributed by atoms with Gasteiger partial charge in [0.05, 0.1) is 16.8 Å². The van der Waals surface area contributed by atoms with Crippen molar-refractivity contribution in [2.45, 2.75) is 25.8 Å². The van der Waals surface area contributed by atoms with Crippen LogP contribution in [0.15, 0.2) is 48.5 Å². The van der Waals surface area contributed by atoms with Crippen molar-refractivity contribution in [3.05, 3.63) is 59.1 Å². The van der Waals surface area contributed by atoms with Crippen molar-refractivity contribution in [2.75, 3.05) is 23.3 Å². The Morgan fingerprint density at radius 2 is 1.75 bits per heavy atom. The Bertz CT molecular complexity index is 696. The van der Waals surface area contributed by atoms with Gasteiger partial charge in [0.15, 0.2) is 5.11 Å². The number of halogens is 1. The summed E-state index contributed by atoms with van der Waals surface area (Å²) in [7, 11) is 0. The van der Waals surface area contributed by atoms with Crippen LogP contribution < -0.4 is 15.5 Å². The first-order valence-electron chi connectivity index (χ1n) is 8.30. The Morgan fingerprint density at radius 3 is 2.42 bits per heavy atom. The van der Waals surface area contributed by atoms with Gasteiger partial charge in [-0.25, -0.2) is 0 Å². The first-order valence-corrected chi connectivity index (χ1v) is 9.09. The summed E-state index contributed by atoms with van der Waals surface area (Å²) in [4.78, 5) is 2.44. The molecule has 0 saturated carbocycles. The molecule has 3 nitrogen and oxygen atoms in total. The van der Waals surface area contributed by atoms with Gasteiger partial charge >= 0.3 is 0 Å². The largest absolute Gasteiger partial charge is 0.372 e. The average molecular weight is 360 g/mol. The van der Waals surface area contributed by atoms with Crippen LogP contribution in [0.4, 0.5) is 11.4 Å². The topological polar surface area (TPSA) is 27.3 Å². The van der Waals surface area contributed by atoms with Crippen LogP contribution in [-0.4, -0.2) is 18.2 Å². The molecule has 1 atom stereocenters. The van der Waals surface area contributed by atoms with Gasteiger partial charge in [0.25, 0.3) is 0 Å². The maximum Gasteiger partial charge on any atom is 0.171 e. The minimum absolute atomic E-state index is 0.125. The lowest BCUT2D eigenvalue weighted by Crippen LogP contribution is -2.31. The van der Waals surface area contributed by atoms with E-state index in [1.807, 2.05) is 24.3 Å². The molecule has 0 unspecified atom stereocenters.